The van der Waals surface area contributed by atoms with Crippen LogP contribution >= 0.6 is 0 Å². The lowest BCUT2D eigenvalue weighted by atomic mass is 10.0. The first kappa shape index (κ1) is 21.7. The molecule has 1 aliphatic heterocycles. The second-order valence-corrected chi connectivity index (χ2v) is 8.07. The third kappa shape index (κ3) is 5.11. The average Bonchev–Trinajstić information content (AvgIpc) is 3.09. The maximum atomic E-state index is 13.2. The molecule has 0 saturated carbocycles. The van der Waals surface area contributed by atoms with Crippen LogP contribution in [-0.2, 0) is 16.1 Å². The van der Waals surface area contributed by atoms with E-state index in [-0.39, 0.29) is 29.5 Å². The summed E-state index contributed by atoms with van der Waals surface area (Å²) in [6.45, 7) is 4.78. The number of nitrogens with one attached hydrogen (secondary N) is 1. The van der Waals surface area contributed by atoms with E-state index >= 15 is 0 Å². The van der Waals surface area contributed by atoms with Gasteiger partial charge in [0.05, 0.1) is 12.2 Å². The Morgan fingerprint density at radius 3 is 2.63 bits per heavy atom. The zero-order valence-corrected chi connectivity index (χ0v) is 17.9. The molecule has 1 aromatic heterocycles. The normalized spacial score (nSPS) is 16.3. The van der Waals surface area contributed by atoms with Crippen LogP contribution in [0.1, 0.15) is 44.1 Å². The highest BCUT2D eigenvalue weighted by Gasteiger charge is 2.33. The van der Waals surface area contributed by atoms with E-state index in [2.05, 4.69) is 15.3 Å². The summed E-state index contributed by atoms with van der Waals surface area (Å²) in [5.41, 5.74) is 1.43. The number of carbonyl (C=O) groups is 2. The van der Waals surface area contributed by atoms with Crippen molar-refractivity contribution >= 4 is 23.3 Å². The fourth-order valence-electron chi connectivity index (χ4n) is 3.51. The van der Waals surface area contributed by atoms with Crippen molar-refractivity contribution in [3.8, 4) is 0 Å². The van der Waals surface area contributed by atoms with Gasteiger partial charge in [-0.3, -0.25) is 9.59 Å². The molecular weight excluding hydrogens is 385 g/mol. The Morgan fingerprint density at radius 1 is 1.30 bits per heavy atom. The largest absolute Gasteiger partial charge is 0.373 e. The second kappa shape index (κ2) is 9.19. The molecule has 2 amide bonds. The minimum Gasteiger partial charge on any atom is -0.373 e. The molecule has 8 heteroatoms. The van der Waals surface area contributed by atoms with E-state index in [4.69, 9.17) is 0 Å². The summed E-state index contributed by atoms with van der Waals surface area (Å²) in [6.07, 6.45) is 0.790. The van der Waals surface area contributed by atoms with Gasteiger partial charge in [0.25, 0.3) is 0 Å². The number of amides is 2. The molecule has 3 rings (SSSR count). The van der Waals surface area contributed by atoms with Gasteiger partial charge in [0, 0.05) is 51.2 Å². The van der Waals surface area contributed by atoms with E-state index in [0.29, 0.717) is 43.3 Å². The smallest absolute Gasteiger partial charge is 0.227 e. The van der Waals surface area contributed by atoms with Gasteiger partial charge < -0.3 is 15.1 Å². The van der Waals surface area contributed by atoms with Crippen molar-refractivity contribution in [3.05, 3.63) is 47.7 Å². The topological polar surface area (TPSA) is 78.4 Å². The lowest BCUT2D eigenvalue weighted by Crippen LogP contribution is -2.28. The zero-order valence-electron chi connectivity index (χ0n) is 17.9. The van der Waals surface area contributed by atoms with Gasteiger partial charge in [0.15, 0.2) is 0 Å². The van der Waals surface area contributed by atoms with E-state index in [1.54, 1.807) is 36.0 Å². The molecule has 1 fully saturated rings. The van der Waals surface area contributed by atoms with E-state index in [1.807, 2.05) is 19.9 Å². The highest BCUT2D eigenvalue weighted by atomic mass is 19.1. The summed E-state index contributed by atoms with van der Waals surface area (Å²) in [4.78, 5) is 37.3. The summed E-state index contributed by atoms with van der Waals surface area (Å²) in [5, 5.41) is 3.03. The van der Waals surface area contributed by atoms with Crippen molar-refractivity contribution < 1.29 is 14.0 Å². The number of halogens is 1. The standard InChI is InChI=1S/C22H28FN5O2/c1-14(2)9-21(29)27(4)13-20-25-18(11-19(24-3)26-20)15-10-22(30)28(12-15)17-7-5-16(23)6-8-17/h5-8,11,14-15H,9-10,12-13H2,1-4H3,(H,24,25,26)/t15-/m0/s1. The lowest BCUT2D eigenvalue weighted by molar-refractivity contribution is -0.131. The quantitative estimate of drug-likeness (QED) is 0.754. The molecule has 1 aromatic carbocycles. The summed E-state index contributed by atoms with van der Waals surface area (Å²) in [7, 11) is 3.52. The van der Waals surface area contributed by atoms with Crippen LogP contribution < -0.4 is 10.2 Å². The lowest BCUT2D eigenvalue weighted by Gasteiger charge is -2.19. The molecule has 2 aromatic rings. The molecule has 30 heavy (non-hydrogen) atoms. The molecule has 1 N–H and O–H groups in total. The van der Waals surface area contributed by atoms with Crippen LogP contribution in [-0.4, -0.2) is 47.3 Å². The van der Waals surface area contributed by atoms with Crippen LogP contribution in [0, 0.1) is 11.7 Å². The number of hydrogen-bond donors (Lipinski definition) is 1. The van der Waals surface area contributed by atoms with Gasteiger partial charge in [0.1, 0.15) is 17.5 Å². The molecule has 160 valence electrons. The number of rotatable bonds is 7. The predicted octanol–water partition coefficient (Wildman–Crippen LogP) is 3.18. The van der Waals surface area contributed by atoms with Gasteiger partial charge in [-0.1, -0.05) is 13.8 Å². The first-order valence-electron chi connectivity index (χ1n) is 10.1. The van der Waals surface area contributed by atoms with Gasteiger partial charge in [0.2, 0.25) is 11.8 Å². The molecule has 0 bridgehead atoms. The van der Waals surface area contributed by atoms with Gasteiger partial charge in [-0.25, -0.2) is 14.4 Å². The van der Waals surface area contributed by atoms with E-state index < -0.39 is 0 Å². The first-order chi connectivity index (χ1) is 14.3. The highest BCUT2D eigenvalue weighted by molar-refractivity contribution is 5.96. The fraction of sp³-hybridized carbons (Fsp3) is 0.455. The van der Waals surface area contributed by atoms with Crippen molar-refractivity contribution in [1.29, 1.82) is 0 Å². The number of aromatic nitrogens is 2. The SMILES string of the molecule is CNc1cc([C@H]2CC(=O)N(c3ccc(F)cc3)C2)nc(CN(C)C(=O)CC(C)C)n1. The van der Waals surface area contributed by atoms with Crippen molar-refractivity contribution in [2.75, 3.05) is 30.9 Å². The predicted molar refractivity (Wildman–Crippen MR) is 114 cm³/mol. The molecular formula is C22H28FN5O2. The Balaban J connectivity index is 1.79. The van der Waals surface area contributed by atoms with E-state index in [0.717, 1.165) is 5.69 Å². The van der Waals surface area contributed by atoms with Crippen LogP contribution in [0.25, 0.3) is 0 Å². The Hall–Kier alpha value is -3.03. The van der Waals surface area contributed by atoms with Crippen molar-refractivity contribution in [2.24, 2.45) is 5.92 Å². The molecule has 7 nitrogen and oxygen atoms in total. The Morgan fingerprint density at radius 2 is 2.00 bits per heavy atom. The summed E-state index contributed by atoms with van der Waals surface area (Å²) >= 11 is 0. The van der Waals surface area contributed by atoms with E-state index in [1.165, 1.54) is 12.1 Å². The summed E-state index contributed by atoms with van der Waals surface area (Å²) < 4.78 is 13.2. The maximum Gasteiger partial charge on any atom is 0.227 e. The number of anilines is 2. The number of nitrogens with zero attached hydrogens (tertiary/aromatic N) is 4. The van der Waals surface area contributed by atoms with Crippen molar-refractivity contribution in [1.82, 2.24) is 14.9 Å². The Labute approximate surface area is 176 Å². The van der Waals surface area contributed by atoms with Gasteiger partial charge in [-0.2, -0.15) is 0 Å². The molecule has 0 aliphatic carbocycles. The van der Waals surface area contributed by atoms with Crippen molar-refractivity contribution in [3.63, 3.8) is 0 Å². The van der Waals surface area contributed by atoms with Crippen LogP contribution in [0.5, 0.6) is 0 Å². The third-order valence-corrected chi connectivity index (χ3v) is 5.12. The molecule has 0 spiro atoms. The number of benzene rings is 1. The second-order valence-electron chi connectivity index (χ2n) is 8.07. The Bertz CT molecular complexity index is 916. The van der Waals surface area contributed by atoms with Crippen LogP contribution in [0.15, 0.2) is 30.3 Å². The number of carbonyl (C=O) groups excluding carboxylic acids is 2. The van der Waals surface area contributed by atoms with Crippen LogP contribution in [0.4, 0.5) is 15.9 Å². The number of hydrogen-bond acceptors (Lipinski definition) is 5. The van der Waals surface area contributed by atoms with E-state index in [9.17, 15) is 14.0 Å². The molecule has 2 heterocycles. The summed E-state index contributed by atoms with van der Waals surface area (Å²) in [5.74, 6) is 1.04. The van der Waals surface area contributed by atoms with Gasteiger partial charge in [-0.15, -0.1) is 0 Å². The maximum absolute atomic E-state index is 13.2. The molecule has 0 unspecified atom stereocenters. The molecule has 1 aliphatic rings. The summed E-state index contributed by atoms with van der Waals surface area (Å²) in [6, 6.07) is 7.75. The zero-order chi connectivity index (χ0) is 21.8. The minimum absolute atomic E-state index is 0.0259. The molecule has 1 atom stereocenters. The monoisotopic (exact) mass is 413 g/mol. The first-order valence-corrected chi connectivity index (χ1v) is 10.1. The van der Waals surface area contributed by atoms with Gasteiger partial charge >= 0.3 is 0 Å². The minimum atomic E-state index is -0.336. The third-order valence-electron chi connectivity index (χ3n) is 5.12. The van der Waals surface area contributed by atoms with Crippen molar-refractivity contribution in [2.45, 2.75) is 39.2 Å². The molecule has 0 radical (unpaired) electrons. The highest BCUT2D eigenvalue weighted by Crippen LogP contribution is 2.31. The molecule has 1 saturated heterocycles. The average molecular weight is 413 g/mol. The fourth-order valence-corrected chi connectivity index (χ4v) is 3.51. The van der Waals surface area contributed by atoms with Crippen LogP contribution in [0.2, 0.25) is 0 Å². The van der Waals surface area contributed by atoms with Gasteiger partial charge in [-0.05, 0) is 30.2 Å². The van der Waals surface area contributed by atoms with Crippen LogP contribution in [0.3, 0.4) is 0 Å². The Kier molecular flexibility index (Phi) is 6.64.